The molecule has 1 aromatic carbocycles. The maximum atomic E-state index is 13.6. The maximum Gasteiger partial charge on any atom is 0.419 e. The van der Waals surface area contributed by atoms with Crippen LogP contribution in [0.3, 0.4) is 0 Å². The van der Waals surface area contributed by atoms with Gasteiger partial charge in [0.05, 0.1) is 8.99 Å². The highest BCUT2D eigenvalue weighted by Crippen LogP contribution is 2.40. The van der Waals surface area contributed by atoms with Gasteiger partial charge in [-0.05, 0) is 75.7 Å². The fourth-order valence-corrected chi connectivity index (χ4v) is 4.30. The van der Waals surface area contributed by atoms with Crippen molar-refractivity contribution in [3.63, 3.8) is 0 Å². The second-order valence-electron chi connectivity index (χ2n) is 7.07. The third-order valence-electron chi connectivity index (χ3n) is 3.99. The Bertz CT molecular complexity index is 811. The molecule has 0 unspecified atom stereocenters. The van der Waals surface area contributed by atoms with E-state index in [-0.39, 0.29) is 18.2 Å². The summed E-state index contributed by atoms with van der Waals surface area (Å²) in [6, 6.07) is 7.12. The van der Waals surface area contributed by atoms with Crippen LogP contribution in [-0.4, -0.2) is 15.0 Å². The summed E-state index contributed by atoms with van der Waals surface area (Å²) in [4.78, 5) is 3.86. The third-order valence-corrected chi connectivity index (χ3v) is 6.04. The van der Waals surface area contributed by atoms with E-state index in [2.05, 4.69) is 4.98 Å². The zero-order chi connectivity index (χ0) is 20.2. The molecule has 0 fully saturated rings. The van der Waals surface area contributed by atoms with E-state index in [9.17, 15) is 13.2 Å². The number of alkyl halides is 4. The molecule has 1 aromatic heterocycles. The predicted molar refractivity (Wildman–Crippen MR) is 109 cm³/mol. The second kappa shape index (κ2) is 8.53. The highest BCUT2D eigenvalue weighted by molar-refractivity contribution is 14.2. The van der Waals surface area contributed by atoms with E-state index in [1.165, 1.54) is 18.3 Å². The zero-order valence-electron chi connectivity index (χ0n) is 15.4. The van der Waals surface area contributed by atoms with Crippen molar-refractivity contribution in [1.82, 2.24) is 4.98 Å². The molecule has 8 heteroatoms. The summed E-state index contributed by atoms with van der Waals surface area (Å²) in [5.74, 6) is 0.385. The minimum absolute atomic E-state index is 0.104. The van der Waals surface area contributed by atoms with Crippen molar-refractivity contribution in [1.29, 1.82) is 3.56 Å². The van der Waals surface area contributed by atoms with Crippen molar-refractivity contribution in [2.75, 3.05) is 12.3 Å². The molecule has 0 radical (unpaired) electrons. The van der Waals surface area contributed by atoms with E-state index in [1.54, 1.807) is 12.1 Å². The molecule has 0 bridgehead atoms. The van der Waals surface area contributed by atoms with Gasteiger partial charge < -0.3 is 10.5 Å². The van der Waals surface area contributed by atoms with Crippen molar-refractivity contribution < 1.29 is 17.9 Å². The van der Waals surface area contributed by atoms with Crippen LogP contribution in [0.4, 0.5) is 19.0 Å². The average Bonchev–Trinajstić information content (AvgIpc) is 2.58. The first-order chi connectivity index (χ1) is 12.5. The Labute approximate surface area is 167 Å². The minimum atomic E-state index is -4.55. The topological polar surface area (TPSA) is 72.0 Å². The summed E-state index contributed by atoms with van der Waals surface area (Å²) in [6.45, 7) is 6.09. The van der Waals surface area contributed by atoms with Gasteiger partial charge >= 0.3 is 6.18 Å². The standard InChI is InChI=1S/C19H23F3IN3O/c1-12(2)10-18(3,23-25)11-27-16-5-4-13(8-15(16)19(20,21)22)14-6-7-26-17(24)9-14/h4-9,12,25H,10-11H2,1-3H3,(H2,24,26)/t18-/m0/s1. The van der Waals surface area contributed by atoms with Crippen molar-refractivity contribution in [3.8, 4) is 16.9 Å². The smallest absolute Gasteiger partial charge is 0.419 e. The minimum Gasteiger partial charge on any atom is -0.492 e. The van der Waals surface area contributed by atoms with Crippen LogP contribution in [-0.2, 0) is 6.18 Å². The van der Waals surface area contributed by atoms with Gasteiger partial charge in [0.15, 0.2) is 0 Å². The number of hydrogen-bond acceptors (Lipinski definition) is 4. The molecule has 148 valence electrons. The number of rotatable bonds is 7. The Kier molecular flexibility index (Phi) is 6.82. The van der Waals surface area contributed by atoms with E-state index in [4.69, 9.17) is 14.0 Å². The van der Waals surface area contributed by atoms with Crippen molar-refractivity contribution in [3.05, 3.63) is 42.1 Å². The van der Waals surface area contributed by atoms with E-state index in [0.717, 1.165) is 12.5 Å². The van der Waals surface area contributed by atoms with Crippen LogP contribution < -0.4 is 10.5 Å². The normalized spacial score (nSPS) is 14.2. The number of anilines is 1. The predicted octanol–water partition coefficient (Wildman–Crippen LogP) is 6.27. The van der Waals surface area contributed by atoms with Gasteiger partial charge in [-0.25, -0.2) is 4.98 Å². The highest BCUT2D eigenvalue weighted by Gasteiger charge is 2.35. The molecular weight excluding hydrogens is 470 g/mol. The van der Waals surface area contributed by atoms with Crippen molar-refractivity contribution in [2.24, 2.45) is 5.92 Å². The van der Waals surface area contributed by atoms with E-state index < -0.39 is 36.2 Å². The number of ether oxygens (including phenoxy) is 1. The van der Waals surface area contributed by atoms with E-state index in [0.29, 0.717) is 17.0 Å². The summed E-state index contributed by atoms with van der Waals surface area (Å²) in [6.07, 6.45) is -2.34. The molecule has 0 amide bonds. The number of nitrogens with zero attached hydrogens (tertiary/aromatic N) is 1. The van der Waals surface area contributed by atoms with Crippen LogP contribution >= 0.6 is 21.0 Å². The lowest BCUT2D eigenvalue weighted by atomic mass is 9.99. The summed E-state index contributed by atoms with van der Waals surface area (Å²) >= 11 is -0.937. The number of hydrogen-bond donors (Lipinski definition) is 2. The van der Waals surface area contributed by atoms with Crippen LogP contribution in [0.1, 0.15) is 32.8 Å². The number of nitrogens with one attached hydrogen (secondary N) is 1. The van der Waals surface area contributed by atoms with Gasteiger partial charge in [-0.1, -0.05) is 19.9 Å². The molecule has 4 nitrogen and oxygen atoms in total. The molecule has 0 saturated carbocycles. The first-order valence-corrected chi connectivity index (χ1v) is 10.6. The third kappa shape index (κ3) is 5.88. The number of nitrogen functional groups attached to an aromatic ring is 1. The van der Waals surface area contributed by atoms with E-state index >= 15 is 0 Å². The second-order valence-corrected chi connectivity index (χ2v) is 10.2. The van der Waals surface area contributed by atoms with E-state index in [1.807, 2.05) is 20.8 Å². The van der Waals surface area contributed by atoms with Gasteiger partial charge in [-0.3, -0.25) is 3.56 Å². The molecule has 27 heavy (non-hydrogen) atoms. The number of aromatic nitrogens is 1. The quantitative estimate of drug-likeness (QED) is 0.353. The van der Waals surface area contributed by atoms with Crippen LogP contribution in [0.15, 0.2) is 36.5 Å². The van der Waals surface area contributed by atoms with Gasteiger partial charge in [0.25, 0.3) is 0 Å². The summed E-state index contributed by atoms with van der Waals surface area (Å²) < 4.78 is 53.8. The zero-order valence-corrected chi connectivity index (χ0v) is 17.6. The molecule has 1 atom stereocenters. The monoisotopic (exact) mass is 493 g/mol. The molecule has 3 N–H and O–H groups in total. The molecule has 0 aliphatic rings. The summed E-state index contributed by atoms with van der Waals surface area (Å²) in [5, 5.41) is 0. The van der Waals surface area contributed by atoms with Crippen molar-refractivity contribution >= 4 is 26.9 Å². The summed E-state index contributed by atoms with van der Waals surface area (Å²) in [5.41, 5.74) is 5.75. The maximum absolute atomic E-state index is 13.6. The van der Waals surface area contributed by atoms with Gasteiger partial charge in [0, 0.05) is 6.20 Å². The molecule has 1 heterocycles. The first-order valence-electron chi connectivity index (χ1n) is 8.42. The van der Waals surface area contributed by atoms with Crippen molar-refractivity contribution in [2.45, 2.75) is 36.8 Å². The first kappa shape index (κ1) is 21.6. The largest absolute Gasteiger partial charge is 0.492 e. The highest BCUT2D eigenvalue weighted by atomic mass is 127. The fourth-order valence-electron chi connectivity index (χ4n) is 2.89. The lowest BCUT2D eigenvalue weighted by Gasteiger charge is -2.26. The summed E-state index contributed by atoms with van der Waals surface area (Å²) in [7, 11) is 0. The van der Waals surface area contributed by atoms with Gasteiger partial charge in [0.2, 0.25) is 0 Å². The molecule has 0 saturated heterocycles. The Morgan fingerprint density at radius 3 is 2.41 bits per heavy atom. The van der Waals surface area contributed by atoms with Gasteiger partial charge in [-0.15, -0.1) is 0 Å². The lowest BCUT2D eigenvalue weighted by molar-refractivity contribution is -0.139. The van der Waals surface area contributed by atoms with Crippen LogP contribution in [0.2, 0.25) is 0 Å². The van der Waals surface area contributed by atoms with Crippen LogP contribution in [0.5, 0.6) is 5.75 Å². The lowest BCUT2D eigenvalue weighted by Crippen LogP contribution is -2.28. The Hall–Kier alpha value is -1.71. The molecule has 2 aromatic rings. The SMILES string of the molecule is CC(C)C[C@@](C)(COc1ccc(-c2ccnc(N)c2)cc1C(F)(F)F)I=N. The van der Waals surface area contributed by atoms with Gasteiger partial charge in [0.1, 0.15) is 18.2 Å². The van der Waals surface area contributed by atoms with Gasteiger partial charge in [-0.2, -0.15) is 13.2 Å². The molecule has 0 spiro atoms. The number of nitrogens with two attached hydrogens (primary N) is 1. The fraction of sp³-hybridized carbons (Fsp3) is 0.421. The number of pyridine rings is 1. The van der Waals surface area contributed by atoms with Crippen LogP contribution in [0.25, 0.3) is 11.1 Å². The number of benzene rings is 1. The molecule has 0 aliphatic carbocycles. The number of halogens is 4. The average molecular weight is 493 g/mol. The Morgan fingerprint density at radius 1 is 1.19 bits per heavy atom. The van der Waals surface area contributed by atoms with Crippen LogP contribution in [0, 0.1) is 9.48 Å². The molecular formula is C19H23F3IN3O. The Balaban J connectivity index is 2.35. The molecule has 2 rings (SSSR count). The molecule has 0 aliphatic heterocycles. The Morgan fingerprint density at radius 2 is 1.85 bits per heavy atom.